The van der Waals surface area contributed by atoms with Gasteiger partial charge in [-0.15, -0.1) is 0 Å². The molecular weight excluding hydrogens is 490 g/mol. The number of hydrogen-bond donors (Lipinski definition) is 1. The molecule has 0 spiro atoms. The van der Waals surface area contributed by atoms with Crippen LogP contribution in [0.5, 0.6) is 5.75 Å². The van der Waals surface area contributed by atoms with Crippen molar-refractivity contribution in [3.63, 3.8) is 0 Å². The first kappa shape index (κ1) is 25.9. The van der Waals surface area contributed by atoms with E-state index in [1.807, 2.05) is 42.6 Å². The molecule has 38 heavy (non-hydrogen) atoms. The van der Waals surface area contributed by atoms with Crippen LogP contribution in [0.4, 0.5) is 5.82 Å². The molecule has 1 aliphatic rings. The molecule has 6 nitrogen and oxygen atoms in total. The Bertz CT molecular complexity index is 1470. The first-order valence-electron chi connectivity index (χ1n) is 13.1. The molecule has 0 fully saturated rings. The number of carbonyl (C=O) groups excluding carboxylic acids is 1. The first-order valence-corrected chi connectivity index (χ1v) is 16.0. The van der Waals surface area contributed by atoms with Gasteiger partial charge in [-0.2, -0.15) is 4.57 Å². The van der Waals surface area contributed by atoms with Crippen molar-refractivity contribution in [1.82, 2.24) is 4.98 Å². The van der Waals surface area contributed by atoms with Crippen LogP contribution >= 0.6 is 0 Å². The lowest BCUT2D eigenvalue weighted by molar-refractivity contribution is -0.541. The predicted octanol–water partition coefficient (Wildman–Crippen LogP) is 6.59. The number of hydrogen-bond acceptors (Lipinski definition) is 5. The average Bonchev–Trinajstić information content (AvgIpc) is 3.47. The van der Waals surface area contributed by atoms with Gasteiger partial charge >= 0.3 is 11.7 Å². The summed E-state index contributed by atoms with van der Waals surface area (Å²) in [7, 11) is -2.02. The maximum absolute atomic E-state index is 13.8. The minimum absolute atomic E-state index is 0.0185. The molecule has 0 aliphatic carbocycles. The fourth-order valence-electron chi connectivity index (χ4n) is 4.55. The predicted molar refractivity (Wildman–Crippen MR) is 152 cm³/mol. The van der Waals surface area contributed by atoms with Crippen LogP contribution in [0.1, 0.15) is 48.1 Å². The Morgan fingerprint density at radius 3 is 2.58 bits per heavy atom. The number of furan rings is 1. The van der Waals surface area contributed by atoms with Gasteiger partial charge in [-0.05, 0) is 54.9 Å². The third kappa shape index (κ3) is 5.16. The van der Waals surface area contributed by atoms with Crippen molar-refractivity contribution in [3.8, 4) is 17.0 Å². The Hall–Kier alpha value is -3.71. The number of nitrogens with one attached hydrogen (secondary N) is 1. The molecule has 5 rings (SSSR count). The lowest BCUT2D eigenvalue weighted by Gasteiger charge is -2.36. The molecule has 1 N–H and O–H groups in total. The Labute approximate surface area is 225 Å². The van der Waals surface area contributed by atoms with Crippen molar-refractivity contribution < 1.29 is 18.2 Å². The van der Waals surface area contributed by atoms with E-state index in [0.29, 0.717) is 12.8 Å². The van der Waals surface area contributed by atoms with Crippen LogP contribution in [0.25, 0.3) is 11.3 Å². The fraction of sp³-hybridized carbons (Fsp3) is 0.323. The highest BCUT2D eigenvalue weighted by Crippen LogP contribution is 2.38. The van der Waals surface area contributed by atoms with Crippen LogP contribution in [0.3, 0.4) is 0 Å². The summed E-state index contributed by atoms with van der Waals surface area (Å²) in [5.74, 6) is 2.30. The van der Waals surface area contributed by atoms with E-state index in [4.69, 9.17) is 13.8 Å². The van der Waals surface area contributed by atoms with Gasteiger partial charge in [0.15, 0.2) is 5.69 Å². The van der Waals surface area contributed by atoms with E-state index < -0.39 is 14.4 Å². The van der Waals surface area contributed by atoms with E-state index in [2.05, 4.69) is 70.4 Å². The van der Waals surface area contributed by atoms with Gasteiger partial charge in [0, 0.05) is 12.0 Å². The van der Waals surface area contributed by atoms with Crippen LogP contribution in [-0.2, 0) is 12.8 Å². The molecule has 0 amide bonds. The molecule has 1 aliphatic heterocycles. The van der Waals surface area contributed by atoms with Crippen molar-refractivity contribution >= 4 is 20.0 Å². The molecule has 0 bridgehead atoms. The van der Waals surface area contributed by atoms with Gasteiger partial charge in [0.1, 0.15) is 17.2 Å². The molecule has 196 valence electrons. The minimum Gasteiger partial charge on any atom is -0.543 e. The zero-order valence-electron chi connectivity index (χ0n) is 23.0. The molecule has 2 aromatic heterocycles. The molecule has 1 atom stereocenters. The van der Waals surface area contributed by atoms with Crippen LogP contribution in [0.15, 0.2) is 77.5 Å². The second-order valence-corrected chi connectivity index (χ2v) is 16.4. The molecular formula is C31H36N3O3Si+. The molecule has 0 radical (unpaired) electrons. The number of aromatic nitrogens is 2. The summed E-state index contributed by atoms with van der Waals surface area (Å²) in [6.07, 6.45) is 4.54. The van der Waals surface area contributed by atoms with Gasteiger partial charge < -0.3 is 8.84 Å². The zero-order valence-corrected chi connectivity index (χ0v) is 24.0. The summed E-state index contributed by atoms with van der Waals surface area (Å²) >= 11 is 0. The Morgan fingerprint density at radius 1 is 1.08 bits per heavy atom. The van der Waals surface area contributed by atoms with E-state index in [9.17, 15) is 4.79 Å². The number of anilines is 1. The summed E-state index contributed by atoms with van der Waals surface area (Å²) in [4.78, 5) is 18.7. The van der Waals surface area contributed by atoms with Crippen molar-refractivity contribution in [2.45, 2.75) is 64.7 Å². The fourth-order valence-corrected chi connectivity index (χ4v) is 5.57. The number of rotatable bonds is 7. The van der Waals surface area contributed by atoms with Gasteiger partial charge in [-0.1, -0.05) is 62.7 Å². The standard InChI is InChI=1S/C31H35N3O3Si/c1-21-10-7-11-22(16-21)17-26-29-33-27(19-24-14-9-15-36-24)30(35)34(29)28(20-32-26)23-12-8-13-25(18-23)37-38(5,6)31(2,3)4/h7-16,18,20,27H,17,19H2,1-6H3/p+1. The molecule has 2 aromatic carbocycles. The van der Waals surface area contributed by atoms with E-state index in [1.54, 1.807) is 10.8 Å². The number of fused-ring (bicyclic) bond motifs is 1. The summed E-state index contributed by atoms with van der Waals surface area (Å²) in [5, 5.41) is 3.56. The molecule has 0 saturated carbocycles. The van der Waals surface area contributed by atoms with Crippen molar-refractivity contribution in [2.24, 2.45) is 0 Å². The first-order chi connectivity index (χ1) is 18.0. The summed E-state index contributed by atoms with van der Waals surface area (Å²) < 4.78 is 13.9. The van der Waals surface area contributed by atoms with E-state index in [0.717, 1.165) is 39.8 Å². The van der Waals surface area contributed by atoms with E-state index in [1.165, 1.54) is 5.56 Å². The van der Waals surface area contributed by atoms with Crippen LogP contribution in [0, 0.1) is 6.92 Å². The smallest absolute Gasteiger partial charge is 0.360 e. The highest BCUT2D eigenvalue weighted by atomic mass is 28.4. The van der Waals surface area contributed by atoms with Gasteiger partial charge in [-0.3, -0.25) is 5.32 Å². The maximum atomic E-state index is 13.8. The van der Waals surface area contributed by atoms with Gasteiger partial charge in [-0.25, -0.2) is 9.78 Å². The quantitative estimate of drug-likeness (QED) is 0.217. The van der Waals surface area contributed by atoms with Crippen LogP contribution in [-0.4, -0.2) is 25.3 Å². The lowest BCUT2D eigenvalue weighted by atomic mass is 10.1. The molecule has 7 heteroatoms. The summed E-state index contributed by atoms with van der Waals surface area (Å²) in [5.41, 5.74) is 4.82. The highest BCUT2D eigenvalue weighted by Gasteiger charge is 2.43. The maximum Gasteiger partial charge on any atom is 0.360 e. The molecule has 1 unspecified atom stereocenters. The summed E-state index contributed by atoms with van der Waals surface area (Å²) in [6.45, 7) is 13.2. The monoisotopic (exact) mass is 526 g/mol. The minimum atomic E-state index is -2.02. The topological polar surface area (TPSA) is 68.2 Å². The van der Waals surface area contributed by atoms with Gasteiger partial charge in [0.25, 0.3) is 0 Å². The van der Waals surface area contributed by atoms with Crippen molar-refractivity contribution in [1.29, 1.82) is 0 Å². The Kier molecular flexibility index (Phi) is 6.73. The lowest BCUT2D eigenvalue weighted by Crippen LogP contribution is -2.46. The largest absolute Gasteiger partial charge is 0.543 e. The number of carbonyl (C=O) groups is 1. The molecule has 0 saturated heterocycles. The average molecular weight is 527 g/mol. The number of nitrogens with zero attached hydrogens (tertiary/aromatic N) is 2. The van der Waals surface area contributed by atoms with Gasteiger partial charge in [0.05, 0.1) is 18.9 Å². The number of benzene rings is 2. The number of aryl methyl sites for hydroxylation is 1. The Morgan fingerprint density at radius 2 is 1.87 bits per heavy atom. The third-order valence-corrected chi connectivity index (χ3v) is 12.0. The van der Waals surface area contributed by atoms with Crippen molar-refractivity contribution in [2.75, 3.05) is 5.32 Å². The normalized spacial score (nSPS) is 15.3. The second kappa shape index (κ2) is 9.87. The van der Waals surface area contributed by atoms with Crippen LogP contribution in [0.2, 0.25) is 18.1 Å². The second-order valence-electron chi connectivity index (χ2n) is 11.6. The van der Waals surface area contributed by atoms with Crippen molar-refractivity contribution in [3.05, 3.63) is 95.7 Å². The molecule has 4 aromatic rings. The van der Waals surface area contributed by atoms with E-state index in [-0.39, 0.29) is 10.9 Å². The molecule has 3 heterocycles. The van der Waals surface area contributed by atoms with E-state index >= 15 is 0 Å². The van der Waals surface area contributed by atoms with Gasteiger partial charge in [0.2, 0.25) is 14.4 Å². The Balaban J connectivity index is 1.55. The highest BCUT2D eigenvalue weighted by molar-refractivity contribution is 6.74. The zero-order chi connectivity index (χ0) is 27.1. The summed E-state index contributed by atoms with van der Waals surface area (Å²) in [6, 6.07) is 19.7. The third-order valence-electron chi connectivity index (χ3n) is 7.66. The SMILES string of the molecule is Cc1cccc(Cc2ncc(-c3cccc(O[Si](C)(C)C(C)(C)C)c3)[n+]3c2NC(Cc2ccco2)C3=O)c1. The van der Waals surface area contributed by atoms with Crippen LogP contribution < -0.4 is 14.3 Å².